The second-order valence-electron chi connectivity index (χ2n) is 4.49. The van der Waals surface area contributed by atoms with Gasteiger partial charge in [-0.15, -0.1) is 0 Å². The largest absolute Gasteiger partial charge is 0.368 e. The van der Waals surface area contributed by atoms with E-state index < -0.39 is 0 Å². The van der Waals surface area contributed by atoms with Crippen LogP contribution < -0.4 is 5.73 Å². The Hall–Kier alpha value is -2.27. The Bertz CT molecular complexity index is 805. The zero-order chi connectivity index (χ0) is 14.8. The number of anilines is 1. The molecule has 1 heterocycles. The number of hydrogen-bond acceptors (Lipinski definition) is 3. The highest BCUT2D eigenvalue weighted by molar-refractivity contribution is 9.10. The molecule has 21 heavy (non-hydrogen) atoms. The highest BCUT2D eigenvalue weighted by Gasteiger charge is 2.10. The third-order valence-corrected chi connectivity index (χ3v) is 3.51. The summed E-state index contributed by atoms with van der Waals surface area (Å²) in [5.74, 6) is -0.221. The summed E-state index contributed by atoms with van der Waals surface area (Å²) in [5, 5.41) is 0. The van der Waals surface area contributed by atoms with Crippen LogP contribution in [0.5, 0.6) is 0 Å². The van der Waals surface area contributed by atoms with Gasteiger partial charge in [0.05, 0.1) is 11.4 Å². The molecule has 0 unspecified atom stereocenters. The van der Waals surface area contributed by atoms with E-state index in [1.165, 1.54) is 6.07 Å². The van der Waals surface area contributed by atoms with Gasteiger partial charge >= 0.3 is 0 Å². The molecular weight excluding hydrogens is 333 g/mol. The van der Waals surface area contributed by atoms with E-state index in [0.29, 0.717) is 17.0 Å². The second kappa shape index (κ2) is 5.61. The van der Waals surface area contributed by atoms with Crippen molar-refractivity contribution in [3.8, 4) is 22.5 Å². The van der Waals surface area contributed by atoms with Crippen LogP contribution in [0.15, 0.2) is 59.1 Å². The molecule has 0 saturated heterocycles. The zero-order valence-corrected chi connectivity index (χ0v) is 12.5. The minimum Gasteiger partial charge on any atom is -0.368 e. The topological polar surface area (TPSA) is 51.8 Å². The molecule has 1 aromatic heterocycles. The lowest BCUT2D eigenvalue weighted by atomic mass is 10.1. The van der Waals surface area contributed by atoms with Crippen molar-refractivity contribution in [3.05, 3.63) is 64.9 Å². The highest BCUT2D eigenvalue weighted by atomic mass is 79.9. The maximum Gasteiger partial charge on any atom is 0.221 e. The normalized spacial score (nSPS) is 10.6. The first-order chi connectivity index (χ1) is 10.1. The molecule has 0 radical (unpaired) electrons. The fourth-order valence-electron chi connectivity index (χ4n) is 2.07. The molecule has 0 saturated carbocycles. The van der Waals surface area contributed by atoms with Crippen LogP contribution in [0.1, 0.15) is 0 Å². The monoisotopic (exact) mass is 343 g/mol. The fourth-order valence-corrected chi connectivity index (χ4v) is 2.47. The Kier molecular flexibility index (Phi) is 3.66. The van der Waals surface area contributed by atoms with E-state index in [1.807, 2.05) is 24.3 Å². The van der Waals surface area contributed by atoms with Gasteiger partial charge in [0, 0.05) is 15.6 Å². The average molecular weight is 344 g/mol. The average Bonchev–Trinajstić information content (AvgIpc) is 2.47. The molecule has 0 atom stereocenters. The lowest BCUT2D eigenvalue weighted by Crippen LogP contribution is -1.99. The molecule has 3 rings (SSSR count). The van der Waals surface area contributed by atoms with Crippen LogP contribution in [0.3, 0.4) is 0 Å². The Morgan fingerprint density at radius 2 is 1.67 bits per heavy atom. The third-order valence-electron chi connectivity index (χ3n) is 3.01. The van der Waals surface area contributed by atoms with Crippen LogP contribution in [0, 0.1) is 5.82 Å². The van der Waals surface area contributed by atoms with Gasteiger partial charge in [-0.2, -0.15) is 0 Å². The van der Waals surface area contributed by atoms with E-state index in [4.69, 9.17) is 5.73 Å². The lowest BCUT2D eigenvalue weighted by molar-refractivity contribution is 0.630. The second-order valence-corrected chi connectivity index (χ2v) is 5.40. The number of hydrogen-bond donors (Lipinski definition) is 1. The summed E-state index contributed by atoms with van der Waals surface area (Å²) in [4.78, 5) is 8.35. The predicted molar refractivity (Wildman–Crippen MR) is 85.0 cm³/mol. The number of nitrogens with two attached hydrogens (primary N) is 1. The first kappa shape index (κ1) is 13.7. The molecule has 0 spiro atoms. The number of nitrogens with zero attached hydrogens (tertiary/aromatic N) is 2. The van der Waals surface area contributed by atoms with Crippen molar-refractivity contribution >= 4 is 21.9 Å². The first-order valence-corrected chi connectivity index (χ1v) is 7.08. The summed E-state index contributed by atoms with van der Waals surface area (Å²) in [5.41, 5.74) is 8.18. The van der Waals surface area contributed by atoms with Gasteiger partial charge in [0.15, 0.2) is 0 Å². The molecule has 0 amide bonds. The molecule has 5 heteroatoms. The van der Waals surface area contributed by atoms with E-state index in [9.17, 15) is 4.39 Å². The number of nitrogen functional groups attached to an aromatic ring is 1. The maximum absolute atomic E-state index is 13.9. The molecule has 2 aromatic carbocycles. The zero-order valence-electron chi connectivity index (χ0n) is 10.9. The number of aromatic nitrogens is 2. The molecular formula is C16H11BrFN3. The Balaban J connectivity index is 2.15. The predicted octanol–water partition coefficient (Wildman–Crippen LogP) is 4.29. The van der Waals surface area contributed by atoms with Crippen LogP contribution in [-0.4, -0.2) is 9.97 Å². The molecule has 0 aliphatic carbocycles. The number of rotatable bonds is 2. The van der Waals surface area contributed by atoms with Crippen LogP contribution in [0.25, 0.3) is 22.5 Å². The molecule has 0 aliphatic heterocycles. The van der Waals surface area contributed by atoms with E-state index in [2.05, 4.69) is 25.9 Å². The maximum atomic E-state index is 13.9. The van der Waals surface area contributed by atoms with Crippen LogP contribution in [0.2, 0.25) is 0 Å². The standard InChI is InChI=1S/C16H11BrFN3/c17-11-5-3-4-10(8-11)14-9-15(21-16(19)20-14)12-6-1-2-7-13(12)18/h1-9H,(H2,19,20,21). The molecule has 104 valence electrons. The van der Waals surface area contributed by atoms with Crippen molar-refractivity contribution < 1.29 is 4.39 Å². The van der Waals surface area contributed by atoms with Crippen molar-refractivity contribution in [1.82, 2.24) is 9.97 Å². The highest BCUT2D eigenvalue weighted by Crippen LogP contribution is 2.27. The number of halogens is 2. The Morgan fingerprint density at radius 3 is 2.43 bits per heavy atom. The molecule has 0 fully saturated rings. The van der Waals surface area contributed by atoms with Gasteiger partial charge in [-0.1, -0.05) is 40.2 Å². The van der Waals surface area contributed by atoms with Gasteiger partial charge in [-0.05, 0) is 30.3 Å². The van der Waals surface area contributed by atoms with E-state index in [1.54, 1.807) is 24.3 Å². The van der Waals surface area contributed by atoms with Gasteiger partial charge in [0.25, 0.3) is 0 Å². The Morgan fingerprint density at radius 1 is 0.905 bits per heavy atom. The van der Waals surface area contributed by atoms with Crippen molar-refractivity contribution in [2.24, 2.45) is 0 Å². The lowest BCUT2D eigenvalue weighted by Gasteiger charge is -2.07. The quantitative estimate of drug-likeness (QED) is 0.754. The molecule has 3 aromatic rings. The van der Waals surface area contributed by atoms with Gasteiger partial charge in [0.2, 0.25) is 5.95 Å². The Labute approximate surface area is 129 Å². The molecule has 0 bridgehead atoms. The van der Waals surface area contributed by atoms with E-state index in [-0.39, 0.29) is 11.8 Å². The smallest absolute Gasteiger partial charge is 0.221 e. The van der Waals surface area contributed by atoms with Gasteiger partial charge in [-0.25, -0.2) is 14.4 Å². The third kappa shape index (κ3) is 2.92. The van der Waals surface area contributed by atoms with Gasteiger partial charge in [-0.3, -0.25) is 0 Å². The summed E-state index contributed by atoms with van der Waals surface area (Å²) in [6, 6.07) is 15.9. The van der Waals surface area contributed by atoms with E-state index >= 15 is 0 Å². The summed E-state index contributed by atoms with van der Waals surface area (Å²) in [7, 11) is 0. The van der Waals surface area contributed by atoms with Crippen LogP contribution >= 0.6 is 15.9 Å². The minimum atomic E-state index is -0.337. The van der Waals surface area contributed by atoms with Crippen molar-refractivity contribution in [1.29, 1.82) is 0 Å². The molecule has 2 N–H and O–H groups in total. The van der Waals surface area contributed by atoms with E-state index in [0.717, 1.165) is 10.0 Å². The first-order valence-electron chi connectivity index (χ1n) is 6.29. The summed E-state index contributed by atoms with van der Waals surface area (Å²) in [6.45, 7) is 0. The van der Waals surface area contributed by atoms with Crippen molar-refractivity contribution in [2.75, 3.05) is 5.73 Å². The van der Waals surface area contributed by atoms with Gasteiger partial charge < -0.3 is 5.73 Å². The summed E-state index contributed by atoms with van der Waals surface area (Å²) >= 11 is 3.42. The number of benzene rings is 2. The molecule has 3 nitrogen and oxygen atoms in total. The summed E-state index contributed by atoms with van der Waals surface area (Å²) in [6.07, 6.45) is 0. The van der Waals surface area contributed by atoms with Crippen molar-refractivity contribution in [2.45, 2.75) is 0 Å². The summed E-state index contributed by atoms with van der Waals surface area (Å²) < 4.78 is 14.8. The SMILES string of the molecule is Nc1nc(-c2cccc(Br)c2)cc(-c2ccccc2F)n1. The molecule has 0 aliphatic rings. The van der Waals surface area contributed by atoms with Crippen LogP contribution in [-0.2, 0) is 0 Å². The fraction of sp³-hybridized carbons (Fsp3) is 0. The van der Waals surface area contributed by atoms with Crippen molar-refractivity contribution in [3.63, 3.8) is 0 Å². The van der Waals surface area contributed by atoms with Gasteiger partial charge in [0.1, 0.15) is 5.82 Å². The minimum absolute atomic E-state index is 0.116. The van der Waals surface area contributed by atoms with Crippen LogP contribution in [0.4, 0.5) is 10.3 Å².